The summed E-state index contributed by atoms with van der Waals surface area (Å²) in [5.74, 6) is 0. The lowest BCUT2D eigenvalue weighted by molar-refractivity contribution is -0.00384. The van der Waals surface area contributed by atoms with Crippen molar-refractivity contribution in [3.05, 3.63) is 0 Å². The van der Waals surface area contributed by atoms with Gasteiger partial charge in [-0.1, -0.05) is 0 Å². The summed E-state index contributed by atoms with van der Waals surface area (Å²) in [6, 6.07) is 2.56. The minimum Gasteiger partial charge on any atom is -0.346 e. The highest BCUT2D eigenvalue weighted by Gasteiger charge is 2.26. The number of hydrazine groups is 1. The molecule has 0 fully saturated rings. The topological polar surface area (TPSA) is 50.5 Å². The monoisotopic (exact) mass is 251 g/mol. The highest BCUT2D eigenvalue weighted by atomic mass is 35.7. The van der Waals surface area contributed by atoms with Crippen LogP contribution in [0.25, 0.3) is 0 Å². The summed E-state index contributed by atoms with van der Waals surface area (Å²) >= 11 is 5.76. The maximum absolute atomic E-state index is 9.51. The molecule has 0 spiro atoms. The molecule has 0 radical (unpaired) electrons. The van der Waals surface area contributed by atoms with Gasteiger partial charge in [-0.05, 0) is 38.9 Å². The van der Waals surface area contributed by atoms with Gasteiger partial charge in [0.2, 0.25) is 7.65 Å². The van der Waals surface area contributed by atoms with E-state index in [1.54, 1.807) is 4.78 Å². The second kappa shape index (κ2) is 7.38. The molecule has 1 unspecified atom stereocenters. The van der Waals surface area contributed by atoms with Gasteiger partial charge in [-0.15, -0.1) is 0 Å². The zero-order chi connectivity index (χ0) is 12.0. The Morgan fingerprint density at radius 3 is 2.07 bits per heavy atom. The average molecular weight is 252 g/mol. The predicted molar refractivity (Wildman–Crippen MR) is 64.0 cm³/mol. The van der Waals surface area contributed by atoms with Crippen molar-refractivity contribution < 1.29 is 4.89 Å². The Morgan fingerprint density at radius 1 is 1.33 bits per heavy atom. The Hall–Kier alpha value is 0.0900. The van der Waals surface area contributed by atoms with Gasteiger partial charge >= 0.3 is 0 Å². The summed E-state index contributed by atoms with van der Waals surface area (Å²) in [6.45, 7) is 8.62. The minimum atomic E-state index is -1.70. The van der Waals surface area contributed by atoms with Crippen molar-refractivity contribution in [3.8, 4) is 6.07 Å². The molecule has 0 aromatic rings. The molecule has 0 aliphatic carbocycles. The quantitative estimate of drug-likeness (QED) is 0.583. The second-order valence-corrected chi connectivity index (χ2v) is 5.66. The summed E-state index contributed by atoms with van der Waals surface area (Å²) in [4.78, 5) is 9.51. The van der Waals surface area contributed by atoms with E-state index in [0.29, 0.717) is 13.0 Å². The van der Waals surface area contributed by atoms with Crippen LogP contribution in [0, 0.1) is 11.3 Å². The van der Waals surface area contributed by atoms with Crippen LogP contribution in [0.3, 0.4) is 0 Å². The van der Waals surface area contributed by atoms with Crippen molar-refractivity contribution in [1.29, 1.82) is 5.26 Å². The van der Waals surface area contributed by atoms with Gasteiger partial charge in [0.25, 0.3) is 0 Å². The Balaban J connectivity index is 4.62. The number of nitrogens with zero attached hydrogens (tertiary/aromatic N) is 3. The third-order valence-corrected chi connectivity index (χ3v) is 3.25. The number of hydrogen-bond donors (Lipinski definition) is 1. The van der Waals surface area contributed by atoms with E-state index >= 15 is 0 Å². The maximum Gasteiger partial charge on any atom is 0.218 e. The summed E-state index contributed by atoms with van der Waals surface area (Å²) in [5.41, 5.74) is 0. The predicted octanol–water partition coefficient (Wildman–Crippen LogP) is 2.69. The fourth-order valence-electron chi connectivity index (χ4n) is 1.56. The van der Waals surface area contributed by atoms with Crippen molar-refractivity contribution >= 4 is 18.9 Å². The molecular weight excluding hydrogens is 233 g/mol. The Labute approximate surface area is 98.1 Å². The molecule has 0 saturated heterocycles. The van der Waals surface area contributed by atoms with Gasteiger partial charge in [0.1, 0.15) is 0 Å². The highest BCUT2D eigenvalue weighted by Crippen LogP contribution is 2.43. The van der Waals surface area contributed by atoms with E-state index in [9.17, 15) is 4.89 Å². The molecule has 15 heavy (non-hydrogen) atoms. The molecule has 0 aromatic carbocycles. The third kappa shape index (κ3) is 5.10. The van der Waals surface area contributed by atoms with Crippen LogP contribution in [0.1, 0.15) is 34.1 Å². The van der Waals surface area contributed by atoms with E-state index in [4.69, 9.17) is 16.5 Å². The third-order valence-electron chi connectivity index (χ3n) is 1.94. The zero-order valence-corrected chi connectivity index (χ0v) is 11.3. The molecule has 0 bridgehead atoms. The SMILES string of the molecule is CC(C)N(C(C)C)N(CCC#N)P(O)Cl. The minimum absolute atomic E-state index is 0.250. The molecule has 1 atom stereocenters. The first-order chi connectivity index (χ1) is 6.91. The zero-order valence-electron chi connectivity index (χ0n) is 9.68. The van der Waals surface area contributed by atoms with Crippen LogP contribution in [0.5, 0.6) is 0 Å². The van der Waals surface area contributed by atoms with Crippen LogP contribution in [-0.4, -0.2) is 33.3 Å². The van der Waals surface area contributed by atoms with Crippen LogP contribution in [0.15, 0.2) is 0 Å². The van der Waals surface area contributed by atoms with E-state index < -0.39 is 7.65 Å². The molecule has 0 aliphatic rings. The molecule has 6 heteroatoms. The first-order valence-corrected chi connectivity index (χ1v) is 7.14. The highest BCUT2D eigenvalue weighted by molar-refractivity contribution is 7.77. The number of nitriles is 1. The van der Waals surface area contributed by atoms with Crippen molar-refractivity contribution in [2.24, 2.45) is 0 Å². The summed E-state index contributed by atoms with van der Waals surface area (Å²) in [7, 11) is -1.70. The van der Waals surface area contributed by atoms with E-state index in [1.807, 2.05) is 32.7 Å². The lowest BCUT2D eigenvalue weighted by Crippen LogP contribution is -2.47. The van der Waals surface area contributed by atoms with Crippen LogP contribution in [0.4, 0.5) is 0 Å². The first-order valence-electron chi connectivity index (χ1n) is 4.99. The molecule has 0 amide bonds. The molecule has 0 heterocycles. The van der Waals surface area contributed by atoms with Crippen LogP contribution >= 0.6 is 18.9 Å². The molecule has 0 aliphatic heterocycles. The van der Waals surface area contributed by atoms with E-state index in [-0.39, 0.29) is 12.1 Å². The van der Waals surface area contributed by atoms with Crippen molar-refractivity contribution in [3.63, 3.8) is 0 Å². The van der Waals surface area contributed by atoms with Gasteiger partial charge in [-0.3, -0.25) is 0 Å². The van der Waals surface area contributed by atoms with Gasteiger partial charge in [0.05, 0.1) is 6.07 Å². The van der Waals surface area contributed by atoms with E-state index in [1.165, 1.54) is 0 Å². The standard InChI is InChI=1S/C9H19ClN3OP/c1-8(2)13(9(3)4)12(15(10)14)7-5-6-11/h8-9,14H,5,7H2,1-4H3. The number of hydrogen-bond acceptors (Lipinski definition) is 4. The van der Waals surface area contributed by atoms with Gasteiger partial charge < -0.3 is 4.89 Å². The van der Waals surface area contributed by atoms with Gasteiger partial charge in [0, 0.05) is 25.0 Å². The van der Waals surface area contributed by atoms with Crippen molar-refractivity contribution in [1.82, 2.24) is 9.79 Å². The molecule has 0 saturated carbocycles. The van der Waals surface area contributed by atoms with E-state index in [2.05, 4.69) is 6.07 Å². The Morgan fingerprint density at radius 2 is 1.80 bits per heavy atom. The maximum atomic E-state index is 9.51. The van der Waals surface area contributed by atoms with Crippen LogP contribution in [-0.2, 0) is 0 Å². The molecule has 0 aromatic heterocycles. The molecule has 0 rings (SSSR count). The Bertz CT molecular complexity index is 210. The van der Waals surface area contributed by atoms with E-state index in [0.717, 1.165) is 0 Å². The number of halogens is 1. The molecule has 88 valence electrons. The summed E-state index contributed by atoms with van der Waals surface area (Å²) < 4.78 is 1.69. The fraction of sp³-hybridized carbons (Fsp3) is 0.889. The van der Waals surface area contributed by atoms with Crippen molar-refractivity contribution in [2.75, 3.05) is 6.54 Å². The first kappa shape index (κ1) is 15.1. The lowest BCUT2D eigenvalue weighted by Gasteiger charge is -2.40. The fourth-order valence-corrected chi connectivity index (χ4v) is 2.87. The molecule has 1 N–H and O–H groups in total. The average Bonchev–Trinajstić information content (AvgIpc) is 2.09. The lowest BCUT2D eigenvalue weighted by atomic mass is 10.3. The summed E-state index contributed by atoms with van der Waals surface area (Å²) in [6.07, 6.45) is 0.363. The van der Waals surface area contributed by atoms with Gasteiger partial charge in [0.15, 0.2) is 0 Å². The van der Waals surface area contributed by atoms with Gasteiger partial charge in [-0.2, -0.15) is 10.0 Å². The van der Waals surface area contributed by atoms with Crippen LogP contribution < -0.4 is 0 Å². The molecular formula is C9H19ClN3OP. The Kier molecular flexibility index (Phi) is 7.42. The summed E-state index contributed by atoms with van der Waals surface area (Å²) in [5, 5.41) is 10.6. The van der Waals surface area contributed by atoms with Crippen molar-refractivity contribution in [2.45, 2.75) is 46.2 Å². The van der Waals surface area contributed by atoms with Gasteiger partial charge in [-0.25, -0.2) is 5.01 Å². The largest absolute Gasteiger partial charge is 0.346 e. The van der Waals surface area contributed by atoms with Crippen LogP contribution in [0.2, 0.25) is 0 Å². The second-order valence-electron chi connectivity index (χ2n) is 3.81. The smallest absolute Gasteiger partial charge is 0.218 e. The normalized spacial score (nSPS) is 13.9. The number of rotatable bonds is 6. The molecule has 4 nitrogen and oxygen atoms in total.